The summed E-state index contributed by atoms with van der Waals surface area (Å²) < 4.78 is 4.99. The molecule has 1 aliphatic rings. The number of nitrogens with zero attached hydrogens (tertiary/aromatic N) is 3. The lowest BCUT2D eigenvalue weighted by molar-refractivity contribution is -0.145. The Balaban J connectivity index is 2.68. The van der Waals surface area contributed by atoms with E-state index in [0.717, 1.165) is 0 Å². The molecule has 1 heterocycles. The van der Waals surface area contributed by atoms with Crippen LogP contribution in [-0.2, 0) is 19.1 Å². The number of carboxylic acid groups (broad SMARTS) is 2. The second kappa shape index (κ2) is 12.6. The zero-order valence-electron chi connectivity index (χ0n) is 15.4. The third-order valence-electron chi connectivity index (χ3n) is 4.05. The topological polar surface area (TPSA) is 123 Å². The monoisotopic (exact) mass is 374 g/mol. The van der Waals surface area contributed by atoms with Gasteiger partial charge in [0.2, 0.25) is 0 Å². The fourth-order valence-electron chi connectivity index (χ4n) is 2.75. The lowest BCUT2D eigenvalue weighted by Crippen LogP contribution is -2.47. The van der Waals surface area contributed by atoms with E-state index in [4.69, 9.17) is 14.9 Å². The van der Waals surface area contributed by atoms with E-state index in [2.05, 4.69) is 5.32 Å². The van der Waals surface area contributed by atoms with Gasteiger partial charge >= 0.3 is 17.9 Å². The molecule has 0 aromatic heterocycles. The third-order valence-corrected chi connectivity index (χ3v) is 4.05. The Morgan fingerprint density at radius 1 is 0.808 bits per heavy atom. The molecule has 0 unspecified atom stereocenters. The largest absolute Gasteiger partial charge is 0.480 e. The Labute approximate surface area is 153 Å². The first-order chi connectivity index (χ1) is 12.4. The summed E-state index contributed by atoms with van der Waals surface area (Å²) in [6.07, 6.45) is 0. The number of carboxylic acids is 2. The van der Waals surface area contributed by atoms with Crippen LogP contribution < -0.4 is 5.32 Å². The fraction of sp³-hybridized carbons (Fsp3) is 0.812. The van der Waals surface area contributed by atoms with Crippen molar-refractivity contribution in [1.82, 2.24) is 20.0 Å². The van der Waals surface area contributed by atoms with Gasteiger partial charge in [0.1, 0.15) is 0 Å². The summed E-state index contributed by atoms with van der Waals surface area (Å²) in [6, 6.07) is 0. The Morgan fingerprint density at radius 2 is 1.23 bits per heavy atom. The van der Waals surface area contributed by atoms with Crippen molar-refractivity contribution >= 4 is 17.9 Å². The van der Waals surface area contributed by atoms with Crippen LogP contribution in [0.25, 0.3) is 0 Å². The number of nitrogens with one attached hydrogen (secondary N) is 1. The van der Waals surface area contributed by atoms with Crippen molar-refractivity contribution in [2.45, 2.75) is 6.92 Å². The van der Waals surface area contributed by atoms with E-state index in [0.29, 0.717) is 59.0 Å². The van der Waals surface area contributed by atoms with Crippen LogP contribution in [-0.4, -0.2) is 121 Å². The predicted molar refractivity (Wildman–Crippen MR) is 94.1 cm³/mol. The van der Waals surface area contributed by atoms with E-state index in [1.54, 1.807) is 16.7 Å². The predicted octanol–water partition coefficient (Wildman–Crippen LogP) is -1.77. The maximum atomic E-state index is 11.7. The second-order valence-electron chi connectivity index (χ2n) is 6.17. The summed E-state index contributed by atoms with van der Waals surface area (Å²) >= 11 is 0. The Kier molecular flexibility index (Phi) is 10.8. The van der Waals surface area contributed by atoms with Crippen LogP contribution in [0.1, 0.15) is 6.92 Å². The molecule has 10 nitrogen and oxygen atoms in total. The van der Waals surface area contributed by atoms with Gasteiger partial charge in [-0.3, -0.25) is 29.1 Å². The van der Waals surface area contributed by atoms with Crippen LogP contribution in [0.2, 0.25) is 0 Å². The molecule has 0 aromatic carbocycles. The van der Waals surface area contributed by atoms with Crippen molar-refractivity contribution in [3.8, 4) is 0 Å². The molecule has 10 heteroatoms. The van der Waals surface area contributed by atoms with Gasteiger partial charge in [0.25, 0.3) is 0 Å². The fourth-order valence-corrected chi connectivity index (χ4v) is 2.75. The summed E-state index contributed by atoms with van der Waals surface area (Å²) in [5, 5.41) is 21.4. The van der Waals surface area contributed by atoms with Crippen molar-refractivity contribution < 1.29 is 29.3 Å². The molecule has 0 saturated carbocycles. The van der Waals surface area contributed by atoms with Crippen LogP contribution in [0, 0.1) is 0 Å². The van der Waals surface area contributed by atoms with Gasteiger partial charge in [-0.1, -0.05) is 0 Å². The number of hydrogen-bond donors (Lipinski definition) is 3. The Hall–Kier alpha value is -1.75. The SMILES string of the molecule is CCOC(=O)CN1CCNCCN(CC(=O)O)CCN(CC(=O)O)CC1. The Bertz CT molecular complexity index is 462. The molecular weight excluding hydrogens is 344 g/mol. The molecule has 1 aliphatic heterocycles. The smallest absolute Gasteiger partial charge is 0.320 e. The third kappa shape index (κ3) is 10.3. The summed E-state index contributed by atoms with van der Waals surface area (Å²) in [5.74, 6) is -2.13. The Morgan fingerprint density at radius 3 is 1.65 bits per heavy atom. The minimum absolute atomic E-state index is 0.0719. The molecule has 26 heavy (non-hydrogen) atoms. The molecule has 1 rings (SSSR count). The zero-order valence-corrected chi connectivity index (χ0v) is 15.4. The van der Waals surface area contributed by atoms with E-state index in [1.807, 2.05) is 4.90 Å². The average molecular weight is 374 g/mol. The molecule has 3 N–H and O–H groups in total. The number of esters is 1. The van der Waals surface area contributed by atoms with E-state index in [1.165, 1.54) is 0 Å². The summed E-state index contributed by atoms with van der Waals surface area (Å²) in [4.78, 5) is 39.3. The standard InChI is InChI=1S/C16H30N4O6/c1-2-26-16(25)13-19-6-4-17-3-5-18(11-14(21)22)7-9-20(10-8-19)12-15(23)24/h17H,2-13H2,1H3,(H,21,22)(H,23,24). The average Bonchev–Trinajstić information content (AvgIpc) is 2.54. The van der Waals surface area contributed by atoms with Gasteiger partial charge < -0.3 is 20.3 Å². The molecule has 1 saturated heterocycles. The number of hydrogen-bond acceptors (Lipinski definition) is 8. The van der Waals surface area contributed by atoms with Gasteiger partial charge in [-0.15, -0.1) is 0 Å². The molecule has 0 aliphatic carbocycles. The first kappa shape index (κ1) is 22.3. The van der Waals surface area contributed by atoms with Crippen LogP contribution >= 0.6 is 0 Å². The minimum atomic E-state index is -0.930. The lowest BCUT2D eigenvalue weighted by atomic mass is 10.3. The molecule has 0 bridgehead atoms. The number of carbonyl (C=O) groups excluding carboxylic acids is 1. The number of rotatable bonds is 7. The number of ether oxygens (including phenoxy) is 1. The molecule has 0 aromatic rings. The van der Waals surface area contributed by atoms with Crippen molar-refractivity contribution in [3.63, 3.8) is 0 Å². The first-order valence-corrected chi connectivity index (χ1v) is 8.87. The quantitative estimate of drug-likeness (QED) is 0.441. The molecule has 0 amide bonds. The normalized spacial score (nSPS) is 19.3. The number of carbonyl (C=O) groups is 3. The van der Waals surface area contributed by atoms with Crippen LogP contribution in [0.5, 0.6) is 0 Å². The van der Waals surface area contributed by atoms with Crippen molar-refractivity contribution in [3.05, 3.63) is 0 Å². The van der Waals surface area contributed by atoms with Gasteiger partial charge in [0.05, 0.1) is 26.2 Å². The van der Waals surface area contributed by atoms with Crippen molar-refractivity contribution in [2.24, 2.45) is 0 Å². The minimum Gasteiger partial charge on any atom is -0.480 e. The van der Waals surface area contributed by atoms with Gasteiger partial charge in [0.15, 0.2) is 0 Å². The lowest BCUT2D eigenvalue weighted by Gasteiger charge is -2.30. The van der Waals surface area contributed by atoms with E-state index >= 15 is 0 Å². The molecule has 1 fully saturated rings. The number of aliphatic carboxylic acids is 2. The molecular formula is C16H30N4O6. The highest BCUT2D eigenvalue weighted by atomic mass is 16.5. The van der Waals surface area contributed by atoms with Crippen LogP contribution in [0.4, 0.5) is 0 Å². The molecule has 0 spiro atoms. The van der Waals surface area contributed by atoms with Crippen molar-refractivity contribution in [2.75, 3.05) is 78.6 Å². The van der Waals surface area contributed by atoms with Crippen molar-refractivity contribution in [1.29, 1.82) is 0 Å². The maximum absolute atomic E-state index is 11.7. The first-order valence-electron chi connectivity index (χ1n) is 8.87. The van der Waals surface area contributed by atoms with E-state index in [9.17, 15) is 14.4 Å². The summed E-state index contributed by atoms with van der Waals surface area (Å²) in [6.45, 7) is 6.46. The van der Waals surface area contributed by atoms with Gasteiger partial charge in [0, 0.05) is 52.4 Å². The van der Waals surface area contributed by atoms with Crippen LogP contribution in [0.3, 0.4) is 0 Å². The van der Waals surface area contributed by atoms with Gasteiger partial charge in [-0.2, -0.15) is 0 Å². The maximum Gasteiger partial charge on any atom is 0.320 e. The highest BCUT2D eigenvalue weighted by Gasteiger charge is 2.18. The van der Waals surface area contributed by atoms with Gasteiger partial charge in [-0.05, 0) is 6.92 Å². The molecule has 150 valence electrons. The van der Waals surface area contributed by atoms with Gasteiger partial charge in [-0.25, -0.2) is 0 Å². The molecule has 0 radical (unpaired) electrons. The molecule has 0 atom stereocenters. The van der Waals surface area contributed by atoms with Crippen LogP contribution in [0.15, 0.2) is 0 Å². The van der Waals surface area contributed by atoms with E-state index in [-0.39, 0.29) is 25.6 Å². The highest BCUT2D eigenvalue weighted by molar-refractivity contribution is 5.71. The second-order valence-corrected chi connectivity index (χ2v) is 6.17. The summed E-state index contributed by atoms with van der Waals surface area (Å²) in [7, 11) is 0. The van der Waals surface area contributed by atoms with E-state index < -0.39 is 11.9 Å². The zero-order chi connectivity index (χ0) is 19.4. The highest BCUT2D eigenvalue weighted by Crippen LogP contribution is 1.98. The summed E-state index contributed by atoms with van der Waals surface area (Å²) in [5.41, 5.74) is 0.